The molecule has 2 aromatic rings. The summed E-state index contributed by atoms with van der Waals surface area (Å²) in [6.07, 6.45) is 4.61. The number of nitrogens with zero attached hydrogens (tertiary/aromatic N) is 2. The molecule has 5 nitrogen and oxygen atoms in total. The fourth-order valence-electron chi connectivity index (χ4n) is 1.59. The topological polar surface area (TPSA) is 56.1 Å². The summed E-state index contributed by atoms with van der Waals surface area (Å²) in [5, 5.41) is 2.81. The van der Waals surface area contributed by atoms with E-state index in [4.69, 9.17) is 4.74 Å². The number of imidazole rings is 1. The highest BCUT2D eigenvalue weighted by molar-refractivity contribution is 5.91. The van der Waals surface area contributed by atoms with Crippen molar-refractivity contribution in [2.45, 2.75) is 13.8 Å². The lowest BCUT2D eigenvalue weighted by Gasteiger charge is -2.10. The molecule has 0 radical (unpaired) electrons. The summed E-state index contributed by atoms with van der Waals surface area (Å²) in [6.45, 7) is 4.48. The van der Waals surface area contributed by atoms with Crippen LogP contribution in [0, 0.1) is 6.92 Å². The third kappa shape index (κ3) is 2.68. The molecule has 0 spiro atoms. The number of hydrogen-bond donors (Lipinski definition) is 1. The molecule has 1 heterocycles. The fourth-order valence-corrected chi connectivity index (χ4v) is 1.59. The number of carbonyl (C=O) groups excluding carboxylic acids is 1. The number of aromatic nitrogens is 2. The number of anilines is 1. The van der Waals surface area contributed by atoms with Gasteiger partial charge in [-0.05, 0) is 37.6 Å². The summed E-state index contributed by atoms with van der Waals surface area (Å²) in [7, 11) is 0. The summed E-state index contributed by atoms with van der Waals surface area (Å²) < 4.78 is 6.78. The first-order chi connectivity index (χ1) is 8.70. The maximum Gasteiger partial charge on any atom is 0.331 e. The van der Waals surface area contributed by atoms with E-state index in [9.17, 15) is 4.79 Å². The van der Waals surface area contributed by atoms with Gasteiger partial charge in [-0.15, -0.1) is 0 Å². The monoisotopic (exact) mass is 245 g/mol. The minimum atomic E-state index is -0.236. The SMILES string of the molecule is CCOc1ccc(NC(=O)n2ccnc2)c(C)c1. The molecule has 0 fully saturated rings. The molecule has 0 bridgehead atoms. The van der Waals surface area contributed by atoms with Gasteiger partial charge in [-0.2, -0.15) is 0 Å². The summed E-state index contributed by atoms with van der Waals surface area (Å²) in [5.74, 6) is 0.802. The molecule has 0 aliphatic carbocycles. The zero-order valence-electron chi connectivity index (χ0n) is 10.4. The zero-order chi connectivity index (χ0) is 13.0. The highest BCUT2D eigenvalue weighted by Gasteiger charge is 2.06. The summed E-state index contributed by atoms with van der Waals surface area (Å²) in [6, 6.07) is 5.32. The van der Waals surface area contributed by atoms with Crippen LogP contribution in [0.3, 0.4) is 0 Å². The molecule has 1 aromatic heterocycles. The van der Waals surface area contributed by atoms with E-state index in [1.807, 2.05) is 32.0 Å². The van der Waals surface area contributed by atoms with Crippen molar-refractivity contribution in [2.24, 2.45) is 0 Å². The fraction of sp³-hybridized carbons (Fsp3) is 0.231. The molecule has 1 amide bonds. The normalized spacial score (nSPS) is 10.1. The van der Waals surface area contributed by atoms with Crippen LogP contribution in [0.2, 0.25) is 0 Å². The Morgan fingerprint density at radius 1 is 1.50 bits per heavy atom. The molecule has 0 atom stereocenters. The summed E-state index contributed by atoms with van der Waals surface area (Å²) >= 11 is 0. The van der Waals surface area contributed by atoms with Gasteiger partial charge in [-0.25, -0.2) is 9.78 Å². The van der Waals surface area contributed by atoms with Gasteiger partial charge in [0.1, 0.15) is 12.1 Å². The predicted molar refractivity (Wildman–Crippen MR) is 69.0 cm³/mol. The van der Waals surface area contributed by atoms with Crippen LogP contribution < -0.4 is 10.1 Å². The number of ether oxygens (including phenoxy) is 1. The van der Waals surface area contributed by atoms with Gasteiger partial charge in [0.25, 0.3) is 0 Å². The van der Waals surface area contributed by atoms with E-state index in [1.165, 1.54) is 10.9 Å². The number of hydrogen-bond acceptors (Lipinski definition) is 3. The maximum absolute atomic E-state index is 11.8. The van der Waals surface area contributed by atoms with Crippen molar-refractivity contribution in [1.82, 2.24) is 9.55 Å². The van der Waals surface area contributed by atoms with Crippen LogP contribution in [0.15, 0.2) is 36.9 Å². The van der Waals surface area contributed by atoms with E-state index in [0.717, 1.165) is 17.0 Å². The van der Waals surface area contributed by atoms with E-state index in [2.05, 4.69) is 10.3 Å². The number of aryl methyl sites for hydroxylation is 1. The molecule has 0 saturated carbocycles. The van der Waals surface area contributed by atoms with Crippen molar-refractivity contribution in [3.8, 4) is 5.75 Å². The van der Waals surface area contributed by atoms with Crippen molar-refractivity contribution >= 4 is 11.7 Å². The molecule has 5 heteroatoms. The molecule has 0 saturated heterocycles. The first-order valence-corrected chi connectivity index (χ1v) is 5.73. The quantitative estimate of drug-likeness (QED) is 0.904. The van der Waals surface area contributed by atoms with Gasteiger partial charge in [-0.1, -0.05) is 0 Å². The molecule has 0 aliphatic heterocycles. The molecule has 2 rings (SSSR count). The lowest BCUT2D eigenvalue weighted by Crippen LogP contribution is -2.18. The van der Waals surface area contributed by atoms with Crippen molar-refractivity contribution in [1.29, 1.82) is 0 Å². The Bertz CT molecular complexity index is 535. The second kappa shape index (κ2) is 5.35. The van der Waals surface area contributed by atoms with E-state index >= 15 is 0 Å². The zero-order valence-corrected chi connectivity index (χ0v) is 10.4. The smallest absolute Gasteiger partial charge is 0.331 e. The maximum atomic E-state index is 11.8. The van der Waals surface area contributed by atoms with Crippen LogP contribution in [-0.2, 0) is 0 Å². The van der Waals surface area contributed by atoms with Crippen molar-refractivity contribution in [2.75, 3.05) is 11.9 Å². The number of benzene rings is 1. The van der Waals surface area contributed by atoms with Gasteiger partial charge < -0.3 is 10.1 Å². The number of rotatable bonds is 3. The van der Waals surface area contributed by atoms with E-state index in [-0.39, 0.29) is 6.03 Å². The minimum Gasteiger partial charge on any atom is -0.494 e. The third-order valence-corrected chi connectivity index (χ3v) is 2.49. The minimum absolute atomic E-state index is 0.236. The number of nitrogens with one attached hydrogen (secondary N) is 1. The van der Waals surface area contributed by atoms with Gasteiger partial charge in [0.2, 0.25) is 0 Å². The lowest BCUT2D eigenvalue weighted by molar-refractivity contribution is 0.253. The van der Waals surface area contributed by atoms with E-state index < -0.39 is 0 Å². The highest BCUT2D eigenvalue weighted by Crippen LogP contribution is 2.21. The Labute approximate surface area is 105 Å². The Balaban J connectivity index is 2.12. The Morgan fingerprint density at radius 2 is 2.33 bits per heavy atom. The van der Waals surface area contributed by atoms with Crippen LogP contribution in [0.25, 0.3) is 0 Å². The van der Waals surface area contributed by atoms with Gasteiger partial charge in [-0.3, -0.25) is 4.57 Å². The molecule has 1 aromatic carbocycles. The van der Waals surface area contributed by atoms with Crippen molar-refractivity contribution < 1.29 is 9.53 Å². The Morgan fingerprint density at radius 3 is 2.94 bits per heavy atom. The summed E-state index contributed by atoms with van der Waals surface area (Å²) in [4.78, 5) is 15.6. The summed E-state index contributed by atoms with van der Waals surface area (Å²) in [5.41, 5.74) is 1.71. The largest absolute Gasteiger partial charge is 0.494 e. The van der Waals surface area contributed by atoms with Crippen molar-refractivity contribution in [3.05, 3.63) is 42.5 Å². The first kappa shape index (κ1) is 12.2. The van der Waals surface area contributed by atoms with Gasteiger partial charge in [0.05, 0.1) is 6.61 Å². The molecule has 1 N–H and O–H groups in total. The highest BCUT2D eigenvalue weighted by atomic mass is 16.5. The molecule has 0 unspecified atom stereocenters. The second-order valence-electron chi connectivity index (χ2n) is 3.81. The standard InChI is InChI=1S/C13H15N3O2/c1-3-18-11-4-5-12(10(2)8-11)15-13(17)16-7-6-14-9-16/h4-9H,3H2,1-2H3,(H,15,17). The van der Waals surface area contributed by atoms with Crippen LogP contribution in [0.5, 0.6) is 5.75 Å². The van der Waals surface area contributed by atoms with Crippen LogP contribution in [0.1, 0.15) is 12.5 Å². The van der Waals surface area contributed by atoms with Crippen LogP contribution in [0.4, 0.5) is 10.5 Å². The first-order valence-electron chi connectivity index (χ1n) is 5.73. The average Bonchev–Trinajstić information content (AvgIpc) is 2.86. The Hall–Kier alpha value is -2.30. The third-order valence-electron chi connectivity index (χ3n) is 2.49. The van der Waals surface area contributed by atoms with Gasteiger partial charge in [0.15, 0.2) is 0 Å². The molecule has 94 valence electrons. The second-order valence-corrected chi connectivity index (χ2v) is 3.81. The predicted octanol–water partition coefficient (Wildman–Crippen LogP) is 2.67. The molecule has 0 aliphatic rings. The Kier molecular flexibility index (Phi) is 3.62. The lowest BCUT2D eigenvalue weighted by atomic mass is 10.2. The van der Waals surface area contributed by atoms with Crippen molar-refractivity contribution in [3.63, 3.8) is 0 Å². The molecular formula is C13H15N3O2. The molecule has 18 heavy (non-hydrogen) atoms. The molecular weight excluding hydrogens is 230 g/mol. The van der Waals surface area contributed by atoms with Crippen LogP contribution >= 0.6 is 0 Å². The van der Waals surface area contributed by atoms with E-state index in [1.54, 1.807) is 12.4 Å². The van der Waals surface area contributed by atoms with Gasteiger partial charge >= 0.3 is 6.03 Å². The average molecular weight is 245 g/mol. The number of carbonyl (C=O) groups is 1. The number of amides is 1. The van der Waals surface area contributed by atoms with E-state index in [0.29, 0.717) is 6.61 Å². The van der Waals surface area contributed by atoms with Crippen LogP contribution in [-0.4, -0.2) is 22.2 Å². The van der Waals surface area contributed by atoms with Gasteiger partial charge in [0, 0.05) is 18.1 Å².